The zero-order valence-electron chi connectivity index (χ0n) is 15.3. The monoisotopic (exact) mass is 402 g/mol. The highest BCUT2D eigenvalue weighted by atomic mass is 32.1. The molecule has 1 aromatic carbocycles. The Hall–Kier alpha value is -3.27. The van der Waals surface area contributed by atoms with Crippen molar-refractivity contribution in [2.45, 2.75) is 19.3 Å². The molecular formula is C18H18N4O5S. The number of nitrogens with zero attached hydrogens (tertiary/aromatic N) is 2. The van der Waals surface area contributed by atoms with Crippen LogP contribution in [0.3, 0.4) is 0 Å². The van der Waals surface area contributed by atoms with Crippen molar-refractivity contribution >= 4 is 39.9 Å². The van der Waals surface area contributed by atoms with Gasteiger partial charge in [-0.2, -0.15) is 0 Å². The summed E-state index contributed by atoms with van der Waals surface area (Å²) in [7, 11) is 3.02. The highest BCUT2D eigenvalue weighted by Gasteiger charge is 2.29. The molecule has 3 rings (SSSR count). The van der Waals surface area contributed by atoms with Gasteiger partial charge in [0.05, 0.1) is 10.5 Å². The van der Waals surface area contributed by atoms with Crippen LogP contribution in [0.1, 0.15) is 37.6 Å². The first-order valence-electron chi connectivity index (χ1n) is 8.51. The molecule has 1 aliphatic carbocycles. The van der Waals surface area contributed by atoms with Crippen molar-refractivity contribution in [2.75, 3.05) is 19.4 Å². The van der Waals surface area contributed by atoms with Gasteiger partial charge < -0.3 is 10.2 Å². The molecule has 0 radical (unpaired) electrons. The van der Waals surface area contributed by atoms with Crippen molar-refractivity contribution in [3.8, 4) is 0 Å². The Bertz CT molecular complexity index is 982. The van der Waals surface area contributed by atoms with Crippen LogP contribution in [0.5, 0.6) is 0 Å². The van der Waals surface area contributed by atoms with Gasteiger partial charge in [-0.3, -0.25) is 25.0 Å². The number of hydrogen-bond donors (Lipinski definition) is 2. The smallest absolute Gasteiger partial charge is 0.323 e. The average Bonchev–Trinajstić information content (AvgIpc) is 3.21. The molecule has 28 heavy (non-hydrogen) atoms. The van der Waals surface area contributed by atoms with Gasteiger partial charge in [0, 0.05) is 25.0 Å². The number of benzene rings is 1. The van der Waals surface area contributed by atoms with E-state index in [0.29, 0.717) is 6.42 Å². The van der Waals surface area contributed by atoms with Crippen LogP contribution in [0, 0.1) is 10.1 Å². The molecule has 10 heteroatoms. The number of imide groups is 1. The van der Waals surface area contributed by atoms with E-state index >= 15 is 0 Å². The average molecular weight is 402 g/mol. The number of carbonyl (C=O) groups is 3. The van der Waals surface area contributed by atoms with E-state index in [1.54, 1.807) is 0 Å². The van der Waals surface area contributed by atoms with E-state index in [4.69, 9.17) is 0 Å². The molecule has 0 unspecified atom stereocenters. The Morgan fingerprint density at radius 1 is 1.14 bits per heavy atom. The fourth-order valence-corrected chi connectivity index (χ4v) is 4.28. The van der Waals surface area contributed by atoms with E-state index in [1.807, 2.05) is 0 Å². The molecule has 0 aliphatic heterocycles. The summed E-state index contributed by atoms with van der Waals surface area (Å²) < 4.78 is 0. The standard InChI is InChI=1S/C18H18N4O5S/c1-21(2)18(25)20-16(24)14-11-7-5-9-13(11)28-17(14)19-15(23)10-6-3-4-8-12(10)22(26)27/h3-4,6,8H,5,7,9H2,1-2H3,(H,19,23)(H,20,24,25). The molecule has 1 heterocycles. The van der Waals surface area contributed by atoms with Crippen molar-refractivity contribution in [3.63, 3.8) is 0 Å². The van der Waals surface area contributed by atoms with Crippen LogP contribution in [0.4, 0.5) is 15.5 Å². The van der Waals surface area contributed by atoms with Gasteiger partial charge in [0.15, 0.2) is 0 Å². The molecule has 0 fully saturated rings. The highest BCUT2D eigenvalue weighted by Crippen LogP contribution is 2.39. The first-order valence-corrected chi connectivity index (χ1v) is 9.33. The Kier molecular flexibility index (Phi) is 5.41. The zero-order valence-corrected chi connectivity index (χ0v) is 16.1. The van der Waals surface area contributed by atoms with Gasteiger partial charge in [0.2, 0.25) is 0 Å². The number of nitro benzene ring substituents is 1. The number of rotatable bonds is 4. The van der Waals surface area contributed by atoms with Crippen LogP contribution >= 0.6 is 11.3 Å². The Labute approximate surface area is 164 Å². The minimum Gasteiger partial charge on any atom is -0.331 e. The van der Waals surface area contributed by atoms with Gasteiger partial charge in [-0.05, 0) is 30.9 Å². The summed E-state index contributed by atoms with van der Waals surface area (Å²) >= 11 is 1.26. The lowest BCUT2D eigenvalue weighted by atomic mass is 10.1. The number of aryl methyl sites for hydroxylation is 1. The predicted molar refractivity (Wildman–Crippen MR) is 104 cm³/mol. The van der Waals surface area contributed by atoms with Crippen LogP contribution in [0.15, 0.2) is 24.3 Å². The number of urea groups is 1. The number of carbonyl (C=O) groups excluding carboxylic acids is 3. The normalized spacial score (nSPS) is 12.2. The van der Waals surface area contributed by atoms with Crippen LogP contribution in [-0.2, 0) is 12.8 Å². The second kappa shape index (κ2) is 7.77. The highest BCUT2D eigenvalue weighted by molar-refractivity contribution is 7.17. The van der Waals surface area contributed by atoms with Crippen molar-refractivity contribution in [3.05, 3.63) is 55.9 Å². The third kappa shape index (κ3) is 3.72. The summed E-state index contributed by atoms with van der Waals surface area (Å²) in [5.74, 6) is -1.28. The van der Waals surface area contributed by atoms with Gasteiger partial charge in [0.1, 0.15) is 10.6 Å². The molecule has 0 saturated carbocycles. The molecule has 146 valence electrons. The van der Waals surface area contributed by atoms with E-state index in [9.17, 15) is 24.5 Å². The van der Waals surface area contributed by atoms with Crippen molar-refractivity contribution in [1.29, 1.82) is 0 Å². The van der Waals surface area contributed by atoms with Crippen LogP contribution in [-0.4, -0.2) is 41.8 Å². The molecule has 4 amide bonds. The first kappa shape index (κ1) is 19.5. The van der Waals surface area contributed by atoms with Gasteiger partial charge in [-0.15, -0.1) is 11.3 Å². The number of para-hydroxylation sites is 1. The van der Waals surface area contributed by atoms with E-state index in [2.05, 4.69) is 10.6 Å². The van der Waals surface area contributed by atoms with Gasteiger partial charge >= 0.3 is 6.03 Å². The number of anilines is 1. The summed E-state index contributed by atoms with van der Waals surface area (Å²) in [6, 6.07) is 5.02. The zero-order chi connectivity index (χ0) is 20.4. The van der Waals surface area contributed by atoms with Crippen LogP contribution < -0.4 is 10.6 Å². The molecule has 0 saturated heterocycles. The third-order valence-corrected chi connectivity index (χ3v) is 5.55. The number of nitrogens with one attached hydrogen (secondary N) is 2. The maximum absolute atomic E-state index is 12.7. The molecule has 0 atom stereocenters. The number of thiophene rings is 1. The van der Waals surface area contributed by atoms with E-state index < -0.39 is 22.8 Å². The number of amides is 4. The van der Waals surface area contributed by atoms with Crippen molar-refractivity contribution in [2.24, 2.45) is 0 Å². The van der Waals surface area contributed by atoms with Crippen LogP contribution in [0.2, 0.25) is 0 Å². The van der Waals surface area contributed by atoms with Crippen molar-refractivity contribution < 1.29 is 19.3 Å². The van der Waals surface area contributed by atoms with Gasteiger partial charge in [-0.25, -0.2) is 4.79 Å². The number of fused-ring (bicyclic) bond motifs is 1. The van der Waals surface area contributed by atoms with E-state index in [-0.39, 0.29) is 21.8 Å². The summed E-state index contributed by atoms with van der Waals surface area (Å²) in [5, 5.41) is 16.4. The fourth-order valence-electron chi connectivity index (χ4n) is 3.00. The molecule has 0 bridgehead atoms. The largest absolute Gasteiger partial charge is 0.331 e. The first-order chi connectivity index (χ1) is 13.3. The second-order valence-corrected chi connectivity index (χ2v) is 7.55. The van der Waals surface area contributed by atoms with Gasteiger partial charge in [-0.1, -0.05) is 12.1 Å². The molecule has 1 aromatic heterocycles. The number of nitro groups is 1. The summed E-state index contributed by atoms with van der Waals surface area (Å²) in [6.45, 7) is 0. The lowest BCUT2D eigenvalue weighted by molar-refractivity contribution is -0.385. The Balaban J connectivity index is 1.93. The topological polar surface area (TPSA) is 122 Å². The molecule has 1 aliphatic rings. The quantitative estimate of drug-likeness (QED) is 0.601. The molecule has 2 N–H and O–H groups in total. The molecule has 2 aromatic rings. The van der Waals surface area contributed by atoms with E-state index in [1.165, 1.54) is 54.6 Å². The van der Waals surface area contributed by atoms with Gasteiger partial charge in [0.25, 0.3) is 17.5 Å². The minimum absolute atomic E-state index is 0.100. The summed E-state index contributed by atoms with van der Waals surface area (Å²) in [6.07, 6.45) is 2.34. The summed E-state index contributed by atoms with van der Waals surface area (Å²) in [4.78, 5) is 49.9. The summed E-state index contributed by atoms with van der Waals surface area (Å²) in [5.41, 5.74) is 0.640. The fraction of sp³-hybridized carbons (Fsp3) is 0.278. The van der Waals surface area contributed by atoms with E-state index in [0.717, 1.165) is 23.3 Å². The van der Waals surface area contributed by atoms with Crippen molar-refractivity contribution in [1.82, 2.24) is 10.2 Å². The lowest BCUT2D eigenvalue weighted by Gasteiger charge is -2.12. The molecular weight excluding hydrogens is 384 g/mol. The Morgan fingerprint density at radius 2 is 1.86 bits per heavy atom. The van der Waals surface area contributed by atoms with Crippen LogP contribution in [0.25, 0.3) is 0 Å². The number of hydrogen-bond acceptors (Lipinski definition) is 6. The molecule has 9 nitrogen and oxygen atoms in total. The Morgan fingerprint density at radius 3 is 2.54 bits per heavy atom. The molecule has 0 spiro atoms. The maximum atomic E-state index is 12.7. The minimum atomic E-state index is -0.680. The third-order valence-electron chi connectivity index (χ3n) is 4.35. The second-order valence-electron chi connectivity index (χ2n) is 6.44. The predicted octanol–water partition coefficient (Wildman–Crippen LogP) is 2.81. The lowest BCUT2D eigenvalue weighted by Crippen LogP contribution is -2.39. The SMILES string of the molecule is CN(C)C(=O)NC(=O)c1c(NC(=O)c2ccccc2[N+](=O)[O-])sc2c1CCC2. The maximum Gasteiger partial charge on any atom is 0.323 e.